The van der Waals surface area contributed by atoms with Gasteiger partial charge in [-0.25, -0.2) is 9.78 Å². The highest BCUT2D eigenvalue weighted by Crippen LogP contribution is 2.19. The van der Waals surface area contributed by atoms with Gasteiger partial charge in [0.1, 0.15) is 11.6 Å². The number of nitrogens with zero attached hydrogens (tertiary/aromatic N) is 4. The molecule has 0 radical (unpaired) electrons. The number of piperazine rings is 1. The summed E-state index contributed by atoms with van der Waals surface area (Å²) in [6.07, 6.45) is 1.48. The quantitative estimate of drug-likeness (QED) is 0.835. The third kappa shape index (κ3) is 4.78. The second-order valence-electron chi connectivity index (χ2n) is 6.08. The van der Waals surface area contributed by atoms with Crippen molar-refractivity contribution in [2.75, 3.05) is 50.1 Å². The van der Waals surface area contributed by atoms with Crippen LogP contribution in [-0.2, 0) is 11.3 Å². The van der Waals surface area contributed by atoms with E-state index in [1.165, 1.54) is 0 Å². The zero-order valence-electron chi connectivity index (χ0n) is 15.7. The number of methoxy groups -OCH3 is 1. The zero-order chi connectivity index (χ0) is 19.1. The molecular weight excluding hydrogens is 346 g/mol. The van der Waals surface area contributed by atoms with Gasteiger partial charge in [-0.3, -0.25) is 0 Å². The van der Waals surface area contributed by atoms with Crippen LogP contribution in [0.5, 0.6) is 5.75 Å². The Kier molecular flexibility index (Phi) is 6.30. The number of hydrogen-bond acceptors (Lipinski definition) is 7. The molecule has 1 N–H and O–H groups in total. The van der Waals surface area contributed by atoms with Crippen LogP contribution in [0.2, 0.25) is 0 Å². The number of hydrogen-bond donors (Lipinski definition) is 1. The molecule has 0 aliphatic carbocycles. The summed E-state index contributed by atoms with van der Waals surface area (Å²) >= 11 is 0. The molecular formula is C19H25N5O3. The summed E-state index contributed by atoms with van der Waals surface area (Å²) in [5, 5.41) is 3.32. The lowest BCUT2D eigenvalue weighted by Gasteiger charge is -2.34. The van der Waals surface area contributed by atoms with Crippen LogP contribution in [-0.4, -0.2) is 60.9 Å². The van der Waals surface area contributed by atoms with Crippen molar-refractivity contribution < 1.29 is 14.3 Å². The first-order valence-electron chi connectivity index (χ1n) is 9.06. The number of benzene rings is 1. The molecule has 1 saturated heterocycles. The van der Waals surface area contributed by atoms with Crippen LogP contribution in [0.4, 0.5) is 16.6 Å². The molecule has 0 spiro atoms. The number of rotatable bonds is 6. The molecule has 1 aliphatic heterocycles. The van der Waals surface area contributed by atoms with E-state index in [1.807, 2.05) is 37.3 Å². The van der Waals surface area contributed by atoms with Crippen molar-refractivity contribution in [1.29, 1.82) is 0 Å². The molecule has 0 unspecified atom stereocenters. The molecule has 1 fully saturated rings. The second kappa shape index (κ2) is 9.07. The van der Waals surface area contributed by atoms with Gasteiger partial charge < -0.3 is 24.6 Å². The summed E-state index contributed by atoms with van der Waals surface area (Å²) in [5.74, 6) is 2.25. The van der Waals surface area contributed by atoms with Gasteiger partial charge in [-0.2, -0.15) is 4.98 Å². The van der Waals surface area contributed by atoms with E-state index in [4.69, 9.17) is 9.47 Å². The van der Waals surface area contributed by atoms with Crippen LogP contribution in [0.3, 0.4) is 0 Å². The van der Waals surface area contributed by atoms with Crippen LogP contribution < -0.4 is 15.0 Å². The minimum absolute atomic E-state index is 0.259. The first-order valence-corrected chi connectivity index (χ1v) is 9.06. The Balaban J connectivity index is 1.59. The molecule has 3 rings (SSSR count). The lowest BCUT2D eigenvalue weighted by atomic mass is 10.2. The summed E-state index contributed by atoms with van der Waals surface area (Å²) in [6.45, 7) is 5.36. The lowest BCUT2D eigenvalue weighted by Crippen LogP contribution is -2.49. The van der Waals surface area contributed by atoms with Gasteiger partial charge in [0.15, 0.2) is 0 Å². The predicted octanol–water partition coefficient (Wildman–Crippen LogP) is 2.38. The molecule has 8 heteroatoms. The zero-order valence-corrected chi connectivity index (χ0v) is 15.7. The van der Waals surface area contributed by atoms with Gasteiger partial charge in [-0.15, -0.1) is 0 Å². The van der Waals surface area contributed by atoms with Crippen molar-refractivity contribution in [2.45, 2.75) is 13.5 Å². The van der Waals surface area contributed by atoms with E-state index >= 15 is 0 Å². The number of carbonyl (C=O) groups is 1. The molecule has 1 amide bonds. The fourth-order valence-corrected chi connectivity index (χ4v) is 2.94. The predicted molar refractivity (Wildman–Crippen MR) is 103 cm³/mol. The fourth-order valence-electron chi connectivity index (χ4n) is 2.94. The molecule has 8 nitrogen and oxygen atoms in total. The minimum Gasteiger partial charge on any atom is -0.496 e. The van der Waals surface area contributed by atoms with Gasteiger partial charge in [0, 0.05) is 44.5 Å². The summed E-state index contributed by atoms with van der Waals surface area (Å²) < 4.78 is 10.4. The fraction of sp³-hybridized carbons (Fsp3) is 0.421. The lowest BCUT2D eigenvalue weighted by molar-refractivity contribution is 0.105. The Labute approximate surface area is 159 Å². The molecule has 0 bridgehead atoms. The summed E-state index contributed by atoms with van der Waals surface area (Å²) in [6, 6.07) is 9.72. The van der Waals surface area contributed by atoms with E-state index in [0.717, 1.165) is 17.1 Å². The number of anilines is 2. The number of nitrogens with one attached hydrogen (secondary N) is 1. The van der Waals surface area contributed by atoms with Crippen molar-refractivity contribution in [2.24, 2.45) is 0 Å². The van der Waals surface area contributed by atoms with Gasteiger partial charge >= 0.3 is 6.09 Å². The number of carbonyl (C=O) groups excluding carboxylic acids is 1. The van der Waals surface area contributed by atoms with E-state index < -0.39 is 0 Å². The highest BCUT2D eigenvalue weighted by Gasteiger charge is 2.23. The monoisotopic (exact) mass is 371 g/mol. The second-order valence-corrected chi connectivity index (χ2v) is 6.08. The van der Waals surface area contributed by atoms with E-state index in [-0.39, 0.29) is 6.09 Å². The smallest absolute Gasteiger partial charge is 0.409 e. The Morgan fingerprint density at radius 3 is 2.70 bits per heavy atom. The van der Waals surface area contributed by atoms with Gasteiger partial charge in [0.25, 0.3) is 0 Å². The van der Waals surface area contributed by atoms with Gasteiger partial charge in [-0.1, -0.05) is 18.2 Å². The maximum Gasteiger partial charge on any atom is 0.409 e. The Morgan fingerprint density at radius 2 is 1.96 bits per heavy atom. The van der Waals surface area contributed by atoms with Gasteiger partial charge in [-0.05, 0) is 19.1 Å². The van der Waals surface area contributed by atoms with Crippen molar-refractivity contribution in [3.8, 4) is 5.75 Å². The van der Waals surface area contributed by atoms with E-state index in [0.29, 0.717) is 45.3 Å². The molecule has 144 valence electrons. The average molecular weight is 371 g/mol. The Hall–Kier alpha value is -3.03. The number of aromatic nitrogens is 2. The van der Waals surface area contributed by atoms with Crippen LogP contribution in [0.25, 0.3) is 0 Å². The summed E-state index contributed by atoms with van der Waals surface area (Å²) in [5.41, 5.74) is 1.06. The van der Waals surface area contributed by atoms with E-state index in [1.54, 1.807) is 18.2 Å². The molecule has 2 heterocycles. The normalized spacial score (nSPS) is 14.0. The standard InChI is InChI=1S/C19H25N5O3/c1-3-27-19(25)24-12-10-23(11-13-24)18-20-9-8-17(22-18)21-14-15-6-4-5-7-16(15)26-2/h4-9H,3,10-14H2,1-2H3,(H,20,21,22). The molecule has 1 aromatic heterocycles. The first kappa shape index (κ1) is 18.8. The molecule has 1 aromatic carbocycles. The largest absolute Gasteiger partial charge is 0.496 e. The maximum absolute atomic E-state index is 11.8. The van der Waals surface area contributed by atoms with Crippen LogP contribution in [0.15, 0.2) is 36.5 Å². The molecule has 0 saturated carbocycles. The van der Waals surface area contributed by atoms with E-state index in [2.05, 4.69) is 20.2 Å². The summed E-state index contributed by atoms with van der Waals surface area (Å²) in [4.78, 5) is 24.6. The maximum atomic E-state index is 11.8. The number of ether oxygens (including phenoxy) is 2. The van der Waals surface area contributed by atoms with E-state index in [9.17, 15) is 4.79 Å². The summed E-state index contributed by atoms with van der Waals surface area (Å²) in [7, 11) is 1.66. The van der Waals surface area contributed by atoms with Crippen LogP contribution in [0, 0.1) is 0 Å². The number of para-hydroxylation sites is 1. The Morgan fingerprint density at radius 1 is 1.19 bits per heavy atom. The molecule has 2 aromatic rings. The third-order valence-electron chi connectivity index (χ3n) is 4.38. The SMILES string of the molecule is CCOC(=O)N1CCN(c2nccc(NCc3ccccc3OC)n2)CC1. The van der Waals surface area contributed by atoms with Gasteiger partial charge in [0.2, 0.25) is 5.95 Å². The van der Waals surface area contributed by atoms with Crippen LogP contribution in [0.1, 0.15) is 12.5 Å². The highest BCUT2D eigenvalue weighted by molar-refractivity contribution is 5.68. The van der Waals surface area contributed by atoms with Crippen molar-refractivity contribution in [1.82, 2.24) is 14.9 Å². The average Bonchev–Trinajstić information content (AvgIpc) is 2.73. The third-order valence-corrected chi connectivity index (χ3v) is 4.38. The Bertz CT molecular complexity index is 763. The molecule has 1 aliphatic rings. The van der Waals surface area contributed by atoms with Crippen molar-refractivity contribution >= 4 is 17.9 Å². The minimum atomic E-state index is -0.259. The van der Waals surface area contributed by atoms with Crippen molar-refractivity contribution in [3.05, 3.63) is 42.1 Å². The van der Waals surface area contributed by atoms with Crippen LogP contribution >= 0.6 is 0 Å². The van der Waals surface area contributed by atoms with Crippen molar-refractivity contribution in [3.63, 3.8) is 0 Å². The molecule has 27 heavy (non-hydrogen) atoms. The first-order chi connectivity index (χ1) is 13.2. The van der Waals surface area contributed by atoms with Gasteiger partial charge in [0.05, 0.1) is 13.7 Å². The highest BCUT2D eigenvalue weighted by atomic mass is 16.6. The number of amides is 1. The topological polar surface area (TPSA) is 79.8 Å². The molecule has 0 atom stereocenters.